The van der Waals surface area contributed by atoms with Crippen molar-refractivity contribution >= 4 is 13.4 Å². The van der Waals surface area contributed by atoms with Gasteiger partial charge >= 0.3 is 7.60 Å². The van der Waals surface area contributed by atoms with Gasteiger partial charge in [0.15, 0.2) is 0 Å². The zero-order valence-electron chi connectivity index (χ0n) is 19.4. The fraction of sp³-hybridized carbons (Fsp3) is 0.321. The third-order valence-corrected chi connectivity index (χ3v) is 7.94. The van der Waals surface area contributed by atoms with Crippen molar-refractivity contribution in [2.75, 3.05) is 13.3 Å². The molecule has 34 heavy (non-hydrogen) atoms. The molecule has 3 aromatic rings. The molecule has 1 atom stereocenters. The normalized spacial score (nSPS) is 20.4. The van der Waals surface area contributed by atoms with E-state index in [2.05, 4.69) is 40.9 Å². The largest absolute Gasteiger partial charge is 0.358 e. The summed E-state index contributed by atoms with van der Waals surface area (Å²) in [6.07, 6.45) is 2.17. The Labute approximate surface area is 201 Å². The predicted molar refractivity (Wildman–Crippen MR) is 133 cm³/mol. The lowest BCUT2D eigenvalue weighted by molar-refractivity contribution is -0.124. The van der Waals surface area contributed by atoms with Crippen LogP contribution in [0.25, 0.3) is 0 Å². The average molecular weight is 479 g/mol. The van der Waals surface area contributed by atoms with Crippen LogP contribution >= 0.6 is 7.60 Å². The molecule has 0 amide bonds. The molecule has 0 bridgehead atoms. The molecule has 0 radical (unpaired) electrons. The molecule has 0 heterocycles. The highest BCUT2D eigenvalue weighted by Gasteiger charge is 2.41. The fourth-order valence-corrected chi connectivity index (χ4v) is 5.65. The number of benzene rings is 3. The van der Waals surface area contributed by atoms with Crippen LogP contribution < -0.4 is 0 Å². The zero-order chi connectivity index (χ0) is 24.0. The summed E-state index contributed by atoms with van der Waals surface area (Å²) in [7, 11) is -2.68. The van der Waals surface area contributed by atoms with Gasteiger partial charge in [-0.05, 0) is 42.4 Å². The van der Waals surface area contributed by atoms with Gasteiger partial charge in [-0.1, -0.05) is 91.0 Å². The van der Waals surface area contributed by atoms with Crippen LogP contribution in [0.15, 0.2) is 91.0 Å². The van der Waals surface area contributed by atoms with Crippen molar-refractivity contribution < 1.29 is 23.5 Å². The number of ketones is 1. The number of carbonyl (C=O) groups excluding carboxylic acids is 1. The molecule has 1 aliphatic carbocycles. The van der Waals surface area contributed by atoms with Crippen molar-refractivity contribution in [2.24, 2.45) is 5.92 Å². The number of Topliss-reactive ketones (excluding diaryl/α,β-unsaturated/α-hetero) is 1. The first-order valence-corrected chi connectivity index (χ1v) is 13.5. The molecule has 1 fully saturated rings. The van der Waals surface area contributed by atoms with E-state index in [0.29, 0.717) is 25.7 Å². The average Bonchev–Trinajstić information content (AvgIpc) is 2.89. The van der Waals surface area contributed by atoms with Gasteiger partial charge in [-0.3, -0.25) is 9.36 Å². The van der Waals surface area contributed by atoms with E-state index in [0.717, 1.165) is 23.8 Å². The molecule has 3 aromatic carbocycles. The first kappa shape index (κ1) is 24.6. The first-order chi connectivity index (χ1) is 16.4. The molecule has 0 aliphatic heterocycles. The smallest absolute Gasteiger partial charge is 0.335 e. The Balaban J connectivity index is 1.63. The molecule has 0 aromatic heterocycles. The number of rotatable bonds is 9. The zero-order valence-corrected chi connectivity index (χ0v) is 20.3. The van der Waals surface area contributed by atoms with Crippen LogP contribution in [0.5, 0.6) is 0 Å². The molecule has 178 valence electrons. The summed E-state index contributed by atoms with van der Waals surface area (Å²) < 4.78 is 23.5. The molecule has 1 N–H and O–H groups in total. The maximum absolute atomic E-state index is 12.6. The summed E-state index contributed by atoms with van der Waals surface area (Å²) in [6, 6.07) is 30.7. The molecule has 0 saturated heterocycles. The van der Waals surface area contributed by atoms with Crippen molar-refractivity contribution in [1.82, 2.24) is 0 Å². The Hall–Kier alpha value is -2.56. The van der Waals surface area contributed by atoms with Crippen LogP contribution in [0.4, 0.5) is 0 Å². The molecule has 6 heteroatoms. The lowest BCUT2D eigenvalue weighted by atomic mass is 9.79. The summed E-state index contributed by atoms with van der Waals surface area (Å²) in [5, 5.41) is 0. The lowest BCUT2D eigenvalue weighted by Gasteiger charge is -2.41. The van der Waals surface area contributed by atoms with Gasteiger partial charge < -0.3 is 14.2 Å². The third-order valence-electron chi connectivity index (χ3n) is 6.65. The van der Waals surface area contributed by atoms with Crippen LogP contribution in [0, 0.1) is 5.92 Å². The van der Waals surface area contributed by atoms with E-state index in [1.54, 1.807) is 0 Å². The minimum absolute atomic E-state index is 0.0620. The second kappa shape index (κ2) is 10.8. The Bertz CT molecular complexity index is 1010. The quantitative estimate of drug-likeness (QED) is 0.304. The standard InChI is InChI=1S/C28H31O5P/c1-32-34(30,31)21-27(29)22-17-19-26(20-18-22)33-28(23-11-5-2-6-12-23,24-13-7-3-8-14-24)25-15-9-4-10-16-25/h2-16,22,26H,17-21H2,1H3,(H,30,31). The van der Waals surface area contributed by atoms with E-state index >= 15 is 0 Å². The van der Waals surface area contributed by atoms with Crippen LogP contribution in [0.3, 0.4) is 0 Å². The summed E-state index contributed by atoms with van der Waals surface area (Å²) in [4.78, 5) is 22.3. The summed E-state index contributed by atoms with van der Waals surface area (Å²) >= 11 is 0. The molecular weight excluding hydrogens is 447 g/mol. The molecule has 4 rings (SSSR count). The van der Waals surface area contributed by atoms with Crippen LogP contribution in [0.2, 0.25) is 0 Å². The highest BCUT2D eigenvalue weighted by Crippen LogP contribution is 2.45. The van der Waals surface area contributed by atoms with Crippen LogP contribution in [-0.4, -0.2) is 30.1 Å². The van der Waals surface area contributed by atoms with Gasteiger partial charge in [0, 0.05) is 13.0 Å². The topological polar surface area (TPSA) is 72.8 Å². The van der Waals surface area contributed by atoms with Gasteiger partial charge in [0.25, 0.3) is 0 Å². The Morgan fingerprint density at radius 2 is 1.24 bits per heavy atom. The summed E-state index contributed by atoms with van der Waals surface area (Å²) in [5.41, 5.74) is 2.35. The minimum Gasteiger partial charge on any atom is -0.358 e. The molecule has 1 saturated carbocycles. The van der Waals surface area contributed by atoms with Gasteiger partial charge in [-0.15, -0.1) is 0 Å². The Morgan fingerprint density at radius 1 is 0.824 bits per heavy atom. The van der Waals surface area contributed by atoms with Crippen molar-refractivity contribution in [3.05, 3.63) is 108 Å². The van der Waals surface area contributed by atoms with Gasteiger partial charge in [-0.2, -0.15) is 0 Å². The summed E-state index contributed by atoms with van der Waals surface area (Å²) in [6.45, 7) is 0. The van der Waals surface area contributed by atoms with Gasteiger partial charge in [0.2, 0.25) is 0 Å². The van der Waals surface area contributed by atoms with E-state index in [1.807, 2.05) is 54.6 Å². The molecule has 1 unspecified atom stereocenters. The SMILES string of the molecule is COP(=O)(O)CC(=O)C1CCC(OC(c2ccccc2)(c2ccccc2)c2ccccc2)CC1. The predicted octanol–water partition coefficient (Wildman–Crippen LogP) is 5.95. The van der Waals surface area contributed by atoms with Gasteiger partial charge in [0.05, 0.1) is 6.10 Å². The highest BCUT2D eigenvalue weighted by molar-refractivity contribution is 7.53. The second-order valence-electron chi connectivity index (χ2n) is 8.82. The van der Waals surface area contributed by atoms with Gasteiger partial charge in [0.1, 0.15) is 17.5 Å². The molecule has 0 spiro atoms. The van der Waals surface area contributed by atoms with E-state index in [9.17, 15) is 14.3 Å². The van der Waals surface area contributed by atoms with E-state index < -0.39 is 19.4 Å². The van der Waals surface area contributed by atoms with Crippen LogP contribution in [0.1, 0.15) is 42.4 Å². The maximum atomic E-state index is 12.6. The minimum atomic E-state index is -3.85. The van der Waals surface area contributed by atoms with E-state index in [4.69, 9.17) is 4.74 Å². The maximum Gasteiger partial charge on any atom is 0.335 e. The lowest BCUT2D eigenvalue weighted by Crippen LogP contribution is -2.39. The summed E-state index contributed by atoms with van der Waals surface area (Å²) in [5.74, 6) is -0.443. The van der Waals surface area contributed by atoms with Gasteiger partial charge in [-0.25, -0.2) is 0 Å². The van der Waals surface area contributed by atoms with Crippen molar-refractivity contribution in [1.29, 1.82) is 0 Å². The third kappa shape index (κ3) is 5.39. The van der Waals surface area contributed by atoms with Crippen molar-refractivity contribution in [2.45, 2.75) is 37.4 Å². The number of hydrogen-bond acceptors (Lipinski definition) is 4. The van der Waals surface area contributed by atoms with Crippen LogP contribution in [-0.2, 0) is 24.2 Å². The van der Waals surface area contributed by atoms with E-state index in [1.165, 1.54) is 0 Å². The Morgan fingerprint density at radius 3 is 1.62 bits per heavy atom. The fourth-order valence-electron chi connectivity index (χ4n) is 4.87. The molecule has 5 nitrogen and oxygen atoms in total. The van der Waals surface area contributed by atoms with Crippen molar-refractivity contribution in [3.8, 4) is 0 Å². The number of ether oxygens (including phenoxy) is 1. The number of carbonyl (C=O) groups is 1. The first-order valence-electron chi connectivity index (χ1n) is 11.7. The Kier molecular flexibility index (Phi) is 7.80. The monoisotopic (exact) mass is 478 g/mol. The molecule has 1 aliphatic rings. The number of hydrogen-bond donors (Lipinski definition) is 1. The second-order valence-corrected chi connectivity index (χ2v) is 10.8. The molecular formula is C28H31O5P. The van der Waals surface area contributed by atoms with E-state index in [-0.39, 0.29) is 17.8 Å². The highest BCUT2D eigenvalue weighted by atomic mass is 31.2. The van der Waals surface area contributed by atoms with Crippen molar-refractivity contribution in [3.63, 3.8) is 0 Å².